The van der Waals surface area contributed by atoms with Crippen LogP contribution in [-0.4, -0.2) is 182 Å². The van der Waals surface area contributed by atoms with Crippen LogP contribution in [0.5, 0.6) is 0 Å². The zero-order valence-corrected chi connectivity index (χ0v) is 53.9. The highest BCUT2D eigenvalue weighted by atomic mass is 16.6. The molecule has 25 heteroatoms. The highest BCUT2D eigenvalue weighted by Gasteiger charge is 2.30. The second kappa shape index (κ2) is 37.4. The lowest BCUT2D eigenvalue weighted by molar-refractivity contribution is -0.142. The lowest BCUT2D eigenvalue weighted by Gasteiger charge is -2.39. The number of nitrogens with one attached hydrogen (secondary N) is 2. The van der Waals surface area contributed by atoms with Crippen LogP contribution in [0.2, 0.25) is 0 Å². The van der Waals surface area contributed by atoms with Gasteiger partial charge in [-0.05, 0) is 122 Å². The molecule has 0 bridgehead atoms. The molecule has 8 rings (SSSR count). The van der Waals surface area contributed by atoms with Gasteiger partial charge in [-0.1, -0.05) is 88.4 Å². The van der Waals surface area contributed by atoms with Crippen LogP contribution in [0.25, 0.3) is 22.1 Å². The zero-order valence-electron chi connectivity index (χ0n) is 53.9. The molecule has 0 saturated carbocycles. The van der Waals surface area contributed by atoms with Gasteiger partial charge in [-0.15, -0.1) is 0 Å². The van der Waals surface area contributed by atoms with E-state index in [0.29, 0.717) is 40.5 Å². The molecule has 0 aliphatic carbocycles. The summed E-state index contributed by atoms with van der Waals surface area (Å²) in [6.45, 7) is 22.1. The Kier molecular flexibility index (Phi) is 30.4. The highest BCUT2D eigenvalue weighted by molar-refractivity contribution is 5.93. The summed E-state index contributed by atoms with van der Waals surface area (Å²) in [6, 6.07) is 28.2. The summed E-state index contributed by atoms with van der Waals surface area (Å²) >= 11 is 0. The first-order valence-corrected chi connectivity index (χ1v) is 30.2. The van der Waals surface area contributed by atoms with Crippen LogP contribution in [0.15, 0.2) is 110 Å². The third-order valence-electron chi connectivity index (χ3n) is 15.4. The topological polar surface area (TPSA) is 347 Å². The maximum Gasteiger partial charge on any atom is 0.410 e. The van der Waals surface area contributed by atoms with E-state index in [-0.39, 0.29) is 43.3 Å². The second-order valence-corrected chi connectivity index (χ2v) is 22.4. The number of nitrogens with two attached hydrogens (primary N) is 1. The minimum atomic E-state index is -1.10. The van der Waals surface area contributed by atoms with E-state index in [1.165, 1.54) is 18.7 Å². The third kappa shape index (κ3) is 23.1. The van der Waals surface area contributed by atoms with Crippen LogP contribution in [0.3, 0.4) is 0 Å². The number of benzene rings is 4. The quantitative estimate of drug-likeness (QED) is 0.0478. The lowest BCUT2D eigenvalue weighted by atomic mass is 9.94. The Morgan fingerprint density at radius 1 is 0.593 bits per heavy atom. The Morgan fingerprint density at radius 3 is 1.45 bits per heavy atom. The molecule has 0 unspecified atom stereocenters. The largest absolute Gasteiger partial charge is 0.480 e. The number of aliphatic carboxylic acids is 3. The van der Waals surface area contributed by atoms with Crippen LogP contribution in [0, 0.1) is 34.5 Å². The monoisotopic (exact) mass is 1250 g/mol. The number of rotatable bonds is 18. The van der Waals surface area contributed by atoms with E-state index in [9.17, 15) is 34.0 Å². The molecule has 2 aliphatic heterocycles. The number of anilines is 2. The number of amides is 3. The van der Waals surface area contributed by atoms with Gasteiger partial charge in [0.2, 0.25) is 5.91 Å². The van der Waals surface area contributed by atoms with E-state index < -0.39 is 42.2 Å². The standard InChI is InChI=1S/C21H28N6O.C15H17N5.C13H17NO4.C11H13NO4.C6H13NO2/c1-5-26(4)15(3)21(28)25-17-10-14(2)12-27(13-17)18-7-6-16(11-22)19-20(18)24-9-8-23-19;1-10-6-12(17)9-20(8-10)13-3-2-11(7-16)14-15(13)19-5-4-18-14;1-3-14(10(2)12(15)16)13(17)18-9-11-7-5-4-6-8-11;1-8(10(13)14)12-11(15)16-7-9-5-3-2-4-6-9;1-4-7(3)5(2)6(8)9/h6-9,14-15,17H,5,10,12-13H2,1-4H3,(H,25,28);2-5,10,12H,6,8-9,17H2,1H3;4-8,10H,3,9H2,1-2H3,(H,15,16);2-6,8H,7H2,1H3,(H,12,15)(H,13,14);5H,4H2,1-3H3,(H,8,9)/t14-,15+,17+;10-,12+;10-;8-;5-/m00000/s1. The van der Waals surface area contributed by atoms with Gasteiger partial charge in [0, 0.05) is 69.6 Å². The maximum atomic E-state index is 12.6. The molecule has 3 amide bonds. The number of nitrogens with zero attached hydrogens (tertiary/aromatic N) is 11. The molecule has 0 spiro atoms. The first-order chi connectivity index (χ1) is 43.4. The van der Waals surface area contributed by atoms with Crippen LogP contribution >= 0.6 is 0 Å². The fourth-order valence-corrected chi connectivity index (χ4v) is 9.78. The molecular formula is C66H88N14O11. The minimum absolute atomic E-state index is 0.0629. The molecule has 488 valence electrons. The number of carbonyl (C=O) groups is 6. The number of likely N-dealkylation sites (N-methyl/N-ethyl adjacent to an activating group) is 3. The van der Waals surface area contributed by atoms with E-state index in [1.807, 2.05) is 112 Å². The van der Waals surface area contributed by atoms with E-state index in [1.54, 1.807) is 56.6 Å². The molecule has 2 aliphatic rings. The van der Waals surface area contributed by atoms with Crippen molar-refractivity contribution in [3.05, 3.63) is 132 Å². The molecule has 2 fully saturated rings. The predicted octanol–water partition coefficient (Wildman–Crippen LogP) is 7.76. The van der Waals surface area contributed by atoms with Gasteiger partial charge in [-0.3, -0.25) is 49.0 Å². The first kappa shape index (κ1) is 73.9. The summed E-state index contributed by atoms with van der Waals surface area (Å²) in [7, 11) is 3.75. The number of alkyl carbamates (subject to hydrolysis) is 1. The Morgan fingerprint density at radius 2 is 1.03 bits per heavy atom. The SMILES string of the molecule is CCN(C(=O)OCc1ccccc1)[C@@H](C)C(=O)O.CCN(C)[C@@H](C)C(=O)O.CCN(C)[C@H](C)C(=O)N[C@@H]1C[C@H](C)CN(c2ccc(C#N)c3nccnc23)C1.C[C@H](NC(=O)OCc1ccccc1)C(=O)O.C[C@H]1C[C@@H](N)CN(c2ccc(C#N)c3nccnc23)C1. The van der Waals surface area contributed by atoms with Gasteiger partial charge in [-0.2, -0.15) is 10.5 Å². The average molecular weight is 1250 g/mol. The summed E-state index contributed by atoms with van der Waals surface area (Å²) in [5.41, 5.74) is 13.7. The molecule has 6 aromatic rings. The van der Waals surface area contributed by atoms with Crippen molar-refractivity contribution in [3.8, 4) is 12.1 Å². The maximum absolute atomic E-state index is 12.6. The molecule has 8 atom stereocenters. The van der Waals surface area contributed by atoms with Gasteiger partial charge in [0.1, 0.15) is 65.5 Å². The number of piperidine rings is 2. The van der Waals surface area contributed by atoms with Crippen molar-refractivity contribution < 1.29 is 53.6 Å². The summed E-state index contributed by atoms with van der Waals surface area (Å²) in [4.78, 5) is 94.1. The van der Waals surface area contributed by atoms with Crippen molar-refractivity contribution in [2.75, 3.05) is 69.7 Å². The second-order valence-electron chi connectivity index (χ2n) is 22.4. The number of hydrogen-bond acceptors (Lipinski definition) is 19. The van der Waals surface area contributed by atoms with Crippen LogP contribution < -0.4 is 26.2 Å². The smallest absolute Gasteiger partial charge is 0.410 e. The number of carboxylic acid groups (broad SMARTS) is 3. The number of hydrogen-bond donors (Lipinski definition) is 6. The fourth-order valence-electron chi connectivity index (χ4n) is 9.78. The van der Waals surface area contributed by atoms with Gasteiger partial charge in [0.15, 0.2) is 0 Å². The summed E-state index contributed by atoms with van der Waals surface area (Å²) in [5.74, 6) is -1.86. The van der Waals surface area contributed by atoms with Crippen molar-refractivity contribution in [2.45, 2.75) is 125 Å². The molecule has 4 aromatic carbocycles. The van der Waals surface area contributed by atoms with E-state index >= 15 is 0 Å². The Balaban J connectivity index is 0.000000253. The van der Waals surface area contributed by atoms with E-state index in [4.69, 9.17) is 35.8 Å². The normalized spacial score (nSPS) is 17.1. The van der Waals surface area contributed by atoms with Crippen LogP contribution in [-0.2, 0) is 41.9 Å². The van der Waals surface area contributed by atoms with Crippen molar-refractivity contribution in [2.24, 2.45) is 17.6 Å². The van der Waals surface area contributed by atoms with Gasteiger partial charge in [-0.25, -0.2) is 14.4 Å². The fraction of sp³-hybridized carbons (Fsp3) is 0.455. The predicted molar refractivity (Wildman–Crippen MR) is 347 cm³/mol. The van der Waals surface area contributed by atoms with Crippen molar-refractivity contribution >= 4 is 69.4 Å². The van der Waals surface area contributed by atoms with Gasteiger partial charge in [0.25, 0.3) is 0 Å². The number of ether oxygens (including phenoxy) is 2. The van der Waals surface area contributed by atoms with E-state index in [0.717, 1.165) is 85.6 Å². The number of fused-ring (bicyclic) bond motifs is 2. The molecule has 25 nitrogen and oxygen atoms in total. The minimum Gasteiger partial charge on any atom is -0.480 e. The molecule has 91 heavy (non-hydrogen) atoms. The van der Waals surface area contributed by atoms with Crippen LogP contribution in [0.1, 0.15) is 97.4 Å². The molecule has 2 saturated heterocycles. The number of nitriles is 2. The Labute approximate surface area is 532 Å². The average Bonchev–Trinajstić information content (AvgIpc) is 0.947. The lowest BCUT2D eigenvalue weighted by Crippen LogP contribution is -2.54. The Bertz CT molecular complexity index is 3400. The summed E-state index contributed by atoms with van der Waals surface area (Å²) < 4.78 is 9.91. The number of aromatic nitrogens is 4. The Hall–Kier alpha value is -9.56. The highest BCUT2D eigenvalue weighted by Crippen LogP contribution is 2.31. The van der Waals surface area contributed by atoms with E-state index in [2.05, 4.69) is 66.4 Å². The van der Waals surface area contributed by atoms with Crippen molar-refractivity contribution in [3.63, 3.8) is 0 Å². The zero-order chi connectivity index (χ0) is 67.3. The first-order valence-electron chi connectivity index (χ1n) is 30.2. The molecular weight excluding hydrogens is 1160 g/mol. The van der Waals surface area contributed by atoms with Gasteiger partial charge >= 0.3 is 30.1 Å². The summed E-state index contributed by atoms with van der Waals surface area (Å²) in [5, 5.41) is 49.8. The molecule has 2 aromatic heterocycles. The van der Waals surface area contributed by atoms with Crippen molar-refractivity contribution in [1.29, 1.82) is 10.5 Å². The molecule has 0 radical (unpaired) electrons. The van der Waals surface area contributed by atoms with Crippen molar-refractivity contribution in [1.82, 2.24) is 45.3 Å². The van der Waals surface area contributed by atoms with Gasteiger partial charge in [0.05, 0.1) is 28.5 Å². The molecule has 7 N–H and O–H groups in total. The third-order valence-corrected chi connectivity index (χ3v) is 15.4. The van der Waals surface area contributed by atoms with Crippen LogP contribution in [0.4, 0.5) is 21.0 Å². The number of carboxylic acids is 3. The summed E-state index contributed by atoms with van der Waals surface area (Å²) in [6.07, 6.45) is 7.20. The molecule has 4 heterocycles. The van der Waals surface area contributed by atoms with Gasteiger partial charge < -0.3 is 51.0 Å². The number of carbonyl (C=O) groups excluding carboxylic acids is 3.